The molecule has 1 atom stereocenters. The molecule has 0 aliphatic carbocycles. The highest BCUT2D eigenvalue weighted by Gasteiger charge is 2.16. The van der Waals surface area contributed by atoms with Gasteiger partial charge >= 0.3 is 6.09 Å². The average molecular weight is 333 g/mol. The number of amides is 1. The third-order valence-electron chi connectivity index (χ3n) is 3.68. The molecule has 0 spiro atoms. The van der Waals surface area contributed by atoms with Gasteiger partial charge in [-0.25, -0.2) is 4.79 Å². The lowest BCUT2D eigenvalue weighted by atomic mass is 10.0. The van der Waals surface area contributed by atoms with Crippen LogP contribution in [0.1, 0.15) is 40.5 Å². The number of ether oxygens (including phenoxy) is 1. The fourth-order valence-corrected chi connectivity index (χ4v) is 2.41. The van der Waals surface area contributed by atoms with Crippen LogP contribution in [0.5, 0.6) is 0 Å². The van der Waals surface area contributed by atoms with Crippen LogP contribution in [0.3, 0.4) is 0 Å². The van der Waals surface area contributed by atoms with Crippen LogP contribution in [-0.4, -0.2) is 66.8 Å². The Labute approximate surface area is 140 Å². The van der Waals surface area contributed by atoms with Crippen LogP contribution in [0.15, 0.2) is 0 Å². The zero-order valence-corrected chi connectivity index (χ0v) is 15.4. The number of Topliss-reactive ketones (excluding diaryl/α,β-unsaturated/α-hetero) is 1. The van der Waals surface area contributed by atoms with Crippen LogP contribution < -0.4 is 0 Å². The maximum Gasteiger partial charge on any atom is 0.409 e. The molecule has 0 fully saturated rings. The van der Waals surface area contributed by atoms with E-state index in [0.29, 0.717) is 38.3 Å². The van der Waals surface area contributed by atoms with Crippen LogP contribution in [-0.2, 0) is 9.53 Å². The summed E-state index contributed by atoms with van der Waals surface area (Å²) in [5.41, 5.74) is 0. The topological polar surface area (TPSA) is 49.9 Å². The van der Waals surface area contributed by atoms with Gasteiger partial charge in [0.05, 0.1) is 6.61 Å². The van der Waals surface area contributed by atoms with Crippen LogP contribution >= 0.6 is 12.6 Å². The minimum atomic E-state index is -0.289. The number of ketones is 1. The van der Waals surface area contributed by atoms with E-state index in [0.717, 1.165) is 19.6 Å². The van der Waals surface area contributed by atoms with Gasteiger partial charge in [-0.2, -0.15) is 12.6 Å². The van der Waals surface area contributed by atoms with Crippen molar-refractivity contribution < 1.29 is 14.3 Å². The van der Waals surface area contributed by atoms with Gasteiger partial charge in [0.15, 0.2) is 0 Å². The van der Waals surface area contributed by atoms with Crippen molar-refractivity contribution in [3.63, 3.8) is 0 Å². The van der Waals surface area contributed by atoms with Crippen molar-refractivity contribution in [3.8, 4) is 0 Å². The summed E-state index contributed by atoms with van der Waals surface area (Å²) >= 11 is 4.05. The summed E-state index contributed by atoms with van der Waals surface area (Å²) < 4.78 is 5.33. The standard InChI is InChI=1S/C16H32N2O3S/c1-5-17(6-2)9-10-18(7-3)16(20)21-13-14(4)12-15(19)8-11-22/h14,22H,5-13H2,1-4H3/t14-/m1/s1. The minimum absolute atomic E-state index is 0.0535. The number of thiol groups is 1. The molecule has 1 amide bonds. The zero-order valence-electron chi connectivity index (χ0n) is 14.5. The summed E-state index contributed by atoms with van der Waals surface area (Å²) in [7, 11) is 0. The van der Waals surface area contributed by atoms with Crippen LogP contribution in [0, 0.1) is 5.92 Å². The van der Waals surface area contributed by atoms with E-state index in [2.05, 4.69) is 31.4 Å². The van der Waals surface area contributed by atoms with Gasteiger partial charge in [-0.05, 0) is 31.7 Å². The Bertz CT molecular complexity index is 323. The van der Waals surface area contributed by atoms with Crippen molar-refractivity contribution >= 4 is 24.5 Å². The highest BCUT2D eigenvalue weighted by Crippen LogP contribution is 2.07. The van der Waals surface area contributed by atoms with E-state index in [1.807, 2.05) is 13.8 Å². The van der Waals surface area contributed by atoms with Crippen LogP contribution in [0.4, 0.5) is 4.79 Å². The molecule has 6 heteroatoms. The predicted octanol–water partition coefficient (Wildman–Crippen LogP) is 2.70. The number of hydrogen-bond donors (Lipinski definition) is 1. The maximum absolute atomic E-state index is 12.1. The Balaban J connectivity index is 4.12. The zero-order chi connectivity index (χ0) is 17.0. The van der Waals surface area contributed by atoms with Crippen LogP contribution in [0.2, 0.25) is 0 Å². The van der Waals surface area contributed by atoms with Crippen molar-refractivity contribution in [1.82, 2.24) is 9.80 Å². The highest BCUT2D eigenvalue weighted by atomic mass is 32.1. The molecule has 0 rings (SSSR count). The van der Waals surface area contributed by atoms with Gasteiger partial charge in [-0.15, -0.1) is 0 Å². The number of likely N-dealkylation sites (N-methyl/N-ethyl adjacent to an activating group) is 2. The first-order valence-electron chi connectivity index (χ1n) is 8.24. The lowest BCUT2D eigenvalue weighted by molar-refractivity contribution is -0.119. The van der Waals surface area contributed by atoms with Gasteiger partial charge in [-0.3, -0.25) is 4.79 Å². The second-order valence-electron chi connectivity index (χ2n) is 5.51. The van der Waals surface area contributed by atoms with E-state index in [1.54, 1.807) is 4.90 Å². The third-order valence-corrected chi connectivity index (χ3v) is 3.90. The second kappa shape index (κ2) is 12.8. The molecule has 0 radical (unpaired) electrons. The first kappa shape index (κ1) is 21.2. The fraction of sp³-hybridized carbons (Fsp3) is 0.875. The van der Waals surface area contributed by atoms with Gasteiger partial charge in [0.25, 0.3) is 0 Å². The van der Waals surface area contributed by atoms with E-state index in [4.69, 9.17) is 4.74 Å². The Kier molecular flexibility index (Phi) is 12.3. The smallest absolute Gasteiger partial charge is 0.409 e. The highest BCUT2D eigenvalue weighted by molar-refractivity contribution is 7.80. The number of hydrogen-bond acceptors (Lipinski definition) is 5. The Morgan fingerprint density at radius 2 is 1.73 bits per heavy atom. The first-order valence-corrected chi connectivity index (χ1v) is 8.88. The summed E-state index contributed by atoms with van der Waals surface area (Å²) in [6.07, 6.45) is 0.634. The molecule has 5 nitrogen and oxygen atoms in total. The maximum atomic E-state index is 12.1. The number of carbonyl (C=O) groups is 2. The summed E-state index contributed by atoms with van der Waals surface area (Å²) in [6, 6.07) is 0. The van der Waals surface area contributed by atoms with Crippen LogP contribution in [0.25, 0.3) is 0 Å². The summed E-state index contributed by atoms with van der Waals surface area (Å²) in [6.45, 7) is 12.5. The van der Waals surface area contributed by atoms with Gasteiger partial charge < -0.3 is 14.5 Å². The average Bonchev–Trinajstić information content (AvgIpc) is 2.49. The number of carbonyl (C=O) groups excluding carboxylic acids is 2. The largest absolute Gasteiger partial charge is 0.449 e. The molecule has 0 aromatic rings. The number of rotatable bonds is 12. The van der Waals surface area contributed by atoms with E-state index < -0.39 is 0 Å². The fourth-order valence-electron chi connectivity index (χ4n) is 2.16. The molecule has 0 heterocycles. The van der Waals surface area contributed by atoms with E-state index in [9.17, 15) is 9.59 Å². The molecular weight excluding hydrogens is 300 g/mol. The van der Waals surface area contributed by atoms with Gasteiger partial charge in [-0.1, -0.05) is 20.8 Å². The molecule has 0 aromatic heterocycles. The van der Waals surface area contributed by atoms with Gasteiger partial charge in [0, 0.05) is 32.5 Å². The molecule has 130 valence electrons. The van der Waals surface area contributed by atoms with Crippen molar-refractivity contribution in [2.75, 3.05) is 45.1 Å². The molecule has 0 bridgehead atoms. The quantitative estimate of drug-likeness (QED) is 0.558. The molecule has 0 aromatic carbocycles. The summed E-state index contributed by atoms with van der Waals surface area (Å²) in [5.74, 6) is 0.797. The monoisotopic (exact) mass is 332 g/mol. The molecule has 0 N–H and O–H groups in total. The molecule has 0 saturated carbocycles. The lowest BCUT2D eigenvalue weighted by Gasteiger charge is -2.25. The van der Waals surface area contributed by atoms with Gasteiger partial charge in [0.1, 0.15) is 5.78 Å². The Morgan fingerprint density at radius 1 is 1.09 bits per heavy atom. The Morgan fingerprint density at radius 3 is 2.23 bits per heavy atom. The van der Waals surface area contributed by atoms with Crippen molar-refractivity contribution in [2.24, 2.45) is 5.92 Å². The van der Waals surface area contributed by atoms with Crippen molar-refractivity contribution in [2.45, 2.75) is 40.5 Å². The molecular formula is C16H32N2O3S. The summed E-state index contributed by atoms with van der Waals surface area (Å²) in [4.78, 5) is 27.6. The third kappa shape index (κ3) is 9.30. The molecule has 0 unspecified atom stereocenters. The SMILES string of the molecule is CCN(CC)CCN(CC)C(=O)OC[C@H](C)CC(=O)CCS. The molecule has 22 heavy (non-hydrogen) atoms. The normalized spacial score (nSPS) is 12.3. The first-order chi connectivity index (χ1) is 10.5. The van der Waals surface area contributed by atoms with E-state index in [1.165, 1.54) is 0 Å². The molecule has 0 aliphatic rings. The lowest BCUT2D eigenvalue weighted by Crippen LogP contribution is -2.39. The van der Waals surface area contributed by atoms with E-state index >= 15 is 0 Å². The predicted molar refractivity (Wildman–Crippen MR) is 93.6 cm³/mol. The summed E-state index contributed by atoms with van der Waals surface area (Å²) in [5, 5.41) is 0. The Hall–Kier alpha value is -0.750. The van der Waals surface area contributed by atoms with E-state index in [-0.39, 0.29) is 17.8 Å². The minimum Gasteiger partial charge on any atom is -0.449 e. The second-order valence-corrected chi connectivity index (χ2v) is 5.95. The van der Waals surface area contributed by atoms with Crippen molar-refractivity contribution in [1.29, 1.82) is 0 Å². The number of nitrogens with zero attached hydrogens (tertiary/aromatic N) is 2. The molecule has 0 aliphatic heterocycles. The van der Waals surface area contributed by atoms with Crippen molar-refractivity contribution in [3.05, 3.63) is 0 Å². The molecule has 0 saturated heterocycles. The van der Waals surface area contributed by atoms with Gasteiger partial charge in [0.2, 0.25) is 0 Å².